The molecule has 1 aliphatic heterocycles. The molecular formula is C14H14F3NO2. The number of piperidine rings is 1. The highest BCUT2D eigenvalue weighted by molar-refractivity contribution is 5.80. The van der Waals surface area contributed by atoms with Crippen molar-refractivity contribution in [3.05, 3.63) is 41.5 Å². The number of hydrogen-bond acceptors (Lipinski definition) is 2. The minimum atomic E-state index is -4.32. The van der Waals surface area contributed by atoms with Crippen LogP contribution in [0.25, 0.3) is 0 Å². The Morgan fingerprint density at radius 3 is 2.15 bits per heavy atom. The van der Waals surface area contributed by atoms with E-state index >= 15 is 0 Å². The van der Waals surface area contributed by atoms with Crippen LogP contribution in [0.5, 0.6) is 0 Å². The van der Waals surface area contributed by atoms with Crippen LogP contribution < -0.4 is 4.90 Å². The Hall–Kier alpha value is -1.98. The summed E-state index contributed by atoms with van der Waals surface area (Å²) >= 11 is 0. The summed E-state index contributed by atoms with van der Waals surface area (Å²) in [5, 5.41) is 8.66. The maximum absolute atomic E-state index is 12.5. The number of alkyl halides is 3. The summed E-state index contributed by atoms with van der Waals surface area (Å²) in [6.07, 6.45) is -1.87. The molecular weight excluding hydrogens is 271 g/mol. The molecule has 108 valence electrons. The van der Waals surface area contributed by atoms with Crippen molar-refractivity contribution in [3.63, 3.8) is 0 Å². The first-order valence-corrected chi connectivity index (χ1v) is 6.21. The third-order valence-corrected chi connectivity index (χ3v) is 3.29. The Morgan fingerprint density at radius 2 is 1.70 bits per heavy atom. The number of carboxylic acids is 1. The van der Waals surface area contributed by atoms with Crippen molar-refractivity contribution in [3.8, 4) is 0 Å². The normalized spacial score (nSPS) is 16.1. The van der Waals surface area contributed by atoms with E-state index in [1.54, 1.807) is 0 Å². The summed E-state index contributed by atoms with van der Waals surface area (Å²) in [6, 6.07) is 5.04. The molecule has 0 atom stereocenters. The molecule has 6 heteroatoms. The summed E-state index contributed by atoms with van der Waals surface area (Å²) in [6.45, 7) is 1.23. The quantitative estimate of drug-likeness (QED) is 0.847. The Morgan fingerprint density at radius 1 is 1.15 bits per heavy atom. The third-order valence-electron chi connectivity index (χ3n) is 3.29. The van der Waals surface area contributed by atoms with Gasteiger partial charge in [0.15, 0.2) is 0 Å². The van der Waals surface area contributed by atoms with Crippen LogP contribution in [0.3, 0.4) is 0 Å². The van der Waals surface area contributed by atoms with E-state index in [1.807, 2.05) is 4.90 Å². The lowest BCUT2D eigenvalue weighted by Crippen LogP contribution is -2.30. The van der Waals surface area contributed by atoms with Gasteiger partial charge in [-0.3, -0.25) is 0 Å². The number of nitrogens with zero attached hydrogens (tertiary/aromatic N) is 1. The molecule has 0 saturated carbocycles. The highest BCUT2D eigenvalue weighted by Crippen LogP contribution is 2.31. The number of halogens is 3. The van der Waals surface area contributed by atoms with Crippen LogP contribution in [0.15, 0.2) is 35.9 Å². The summed E-state index contributed by atoms with van der Waals surface area (Å²) < 4.78 is 37.4. The Kier molecular flexibility index (Phi) is 4.01. The van der Waals surface area contributed by atoms with Crippen molar-refractivity contribution in [2.75, 3.05) is 18.0 Å². The molecule has 1 fully saturated rings. The van der Waals surface area contributed by atoms with E-state index < -0.39 is 17.7 Å². The average Bonchev–Trinajstić information content (AvgIpc) is 2.38. The Balaban J connectivity index is 2.02. The Bertz CT molecular complexity index is 510. The number of carboxylic acid groups (broad SMARTS) is 1. The van der Waals surface area contributed by atoms with E-state index in [9.17, 15) is 18.0 Å². The first-order chi connectivity index (χ1) is 9.36. The summed E-state index contributed by atoms with van der Waals surface area (Å²) in [7, 11) is 0. The molecule has 0 aromatic heterocycles. The number of hydrogen-bond donors (Lipinski definition) is 1. The fraction of sp³-hybridized carbons (Fsp3) is 0.357. The molecule has 1 N–H and O–H groups in total. The minimum absolute atomic E-state index is 0.616. The summed E-state index contributed by atoms with van der Waals surface area (Å²) in [5.74, 6) is -0.956. The van der Waals surface area contributed by atoms with E-state index in [1.165, 1.54) is 18.2 Å². The van der Waals surface area contributed by atoms with Crippen LogP contribution in [0.1, 0.15) is 18.4 Å². The molecule has 0 amide bonds. The van der Waals surface area contributed by atoms with Crippen LogP contribution in [0.2, 0.25) is 0 Å². The maximum atomic E-state index is 12.5. The van der Waals surface area contributed by atoms with Crippen molar-refractivity contribution in [2.24, 2.45) is 0 Å². The Labute approximate surface area is 114 Å². The van der Waals surface area contributed by atoms with Crippen molar-refractivity contribution in [1.29, 1.82) is 0 Å². The predicted molar refractivity (Wildman–Crippen MR) is 68.6 cm³/mol. The zero-order valence-corrected chi connectivity index (χ0v) is 10.7. The van der Waals surface area contributed by atoms with Gasteiger partial charge in [0.05, 0.1) is 5.56 Å². The van der Waals surface area contributed by atoms with Crippen molar-refractivity contribution in [2.45, 2.75) is 19.0 Å². The topological polar surface area (TPSA) is 40.5 Å². The molecule has 0 aliphatic carbocycles. The van der Waals surface area contributed by atoms with Gasteiger partial charge in [0.2, 0.25) is 0 Å². The van der Waals surface area contributed by atoms with Crippen molar-refractivity contribution < 1.29 is 23.1 Å². The lowest BCUT2D eigenvalue weighted by Gasteiger charge is -2.30. The minimum Gasteiger partial charge on any atom is -0.478 e. The molecule has 0 spiro atoms. The second-order valence-electron chi connectivity index (χ2n) is 4.67. The van der Waals surface area contributed by atoms with Gasteiger partial charge in [-0.05, 0) is 37.1 Å². The summed E-state index contributed by atoms with van der Waals surface area (Å²) in [4.78, 5) is 12.5. The van der Waals surface area contributed by atoms with Crippen LogP contribution >= 0.6 is 0 Å². The van der Waals surface area contributed by atoms with Gasteiger partial charge < -0.3 is 10.0 Å². The van der Waals surface area contributed by atoms with Gasteiger partial charge in [0, 0.05) is 24.9 Å². The van der Waals surface area contributed by atoms with Gasteiger partial charge in [0.25, 0.3) is 0 Å². The number of rotatable bonds is 2. The number of carbonyl (C=O) groups is 1. The standard InChI is InChI=1S/C14H14F3NO2/c15-14(16,17)11-1-3-12(4-2-11)18-7-5-10(6-8-18)9-13(19)20/h1-4,9H,5-8H2,(H,19,20). The highest BCUT2D eigenvalue weighted by atomic mass is 19.4. The van der Waals surface area contributed by atoms with E-state index in [0.29, 0.717) is 25.9 Å². The lowest BCUT2D eigenvalue weighted by molar-refractivity contribution is -0.137. The van der Waals surface area contributed by atoms with Crippen LogP contribution in [0, 0.1) is 0 Å². The van der Waals surface area contributed by atoms with E-state index in [4.69, 9.17) is 5.11 Å². The molecule has 1 heterocycles. The molecule has 1 aliphatic rings. The van der Waals surface area contributed by atoms with Crippen LogP contribution in [-0.2, 0) is 11.0 Å². The zero-order valence-electron chi connectivity index (χ0n) is 10.7. The van der Waals surface area contributed by atoms with Crippen molar-refractivity contribution >= 4 is 11.7 Å². The molecule has 1 aromatic rings. The van der Waals surface area contributed by atoms with E-state index in [2.05, 4.69) is 0 Å². The highest BCUT2D eigenvalue weighted by Gasteiger charge is 2.30. The van der Waals surface area contributed by atoms with Gasteiger partial charge in [-0.2, -0.15) is 13.2 Å². The predicted octanol–water partition coefficient (Wildman–Crippen LogP) is 3.32. The molecule has 0 radical (unpaired) electrons. The molecule has 20 heavy (non-hydrogen) atoms. The number of anilines is 1. The van der Waals surface area contributed by atoms with Gasteiger partial charge in [0.1, 0.15) is 0 Å². The van der Waals surface area contributed by atoms with Gasteiger partial charge in [-0.15, -0.1) is 0 Å². The fourth-order valence-electron chi connectivity index (χ4n) is 2.23. The van der Waals surface area contributed by atoms with Gasteiger partial charge in [-0.25, -0.2) is 4.79 Å². The monoisotopic (exact) mass is 285 g/mol. The third kappa shape index (κ3) is 3.53. The van der Waals surface area contributed by atoms with Crippen LogP contribution in [0.4, 0.5) is 18.9 Å². The summed E-state index contributed by atoms with van der Waals surface area (Å²) in [5.41, 5.74) is 0.928. The molecule has 2 rings (SSSR count). The molecule has 0 unspecified atom stereocenters. The number of aliphatic carboxylic acids is 1. The van der Waals surface area contributed by atoms with Crippen LogP contribution in [-0.4, -0.2) is 24.2 Å². The maximum Gasteiger partial charge on any atom is 0.416 e. The van der Waals surface area contributed by atoms with Crippen molar-refractivity contribution in [1.82, 2.24) is 0 Å². The molecule has 1 saturated heterocycles. The lowest BCUT2D eigenvalue weighted by atomic mass is 10.0. The second-order valence-corrected chi connectivity index (χ2v) is 4.67. The smallest absolute Gasteiger partial charge is 0.416 e. The number of benzene rings is 1. The van der Waals surface area contributed by atoms with Gasteiger partial charge in [-0.1, -0.05) is 5.57 Å². The SMILES string of the molecule is O=C(O)C=C1CCN(c2ccc(C(F)(F)F)cc2)CC1. The van der Waals surface area contributed by atoms with Gasteiger partial charge >= 0.3 is 12.1 Å². The fourth-order valence-corrected chi connectivity index (χ4v) is 2.23. The largest absolute Gasteiger partial charge is 0.478 e. The van der Waals surface area contributed by atoms with E-state index in [-0.39, 0.29) is 0 Å². The molecule has 0 bridgehead atoms. The zero-order chi connectivity index (χ0) is 14.8. The molecule has 3 nitrogen and oxygen atoms in total. The first kappa shape index (κ1) is 14.4. The second kappa shape index (κ2) is 5.56. The average molecular weight is 285 g/mol. The first-order valence-electron chi connectivity index (χ1n) is 6.21. The van der Waals surface area contributed by atoms with E-state index in [0.717, 1.165) is 23.4 Å². The molecule has 1 aromatic carbocycles.